The number of aromatic nitrogens is 2. The predicted molar refractivity (Wildman–Crippen MR) is 58.3 cm³/mol. The van der Waals surface area contributed by atoms with E-state index in [-0.39, 0.29) is 5.28 Å². The molecule has 1 rings (SSSR count). The van der Waals surface area contributed by atoms with E-state index in [1.807, 2.05) is 6.26 Å². The van der Waals surface area contributed by atoms with E-state index in [4.69, 9.17) is 46.4 Å². The third-order valence-electron chi connectivity index (χ3n) is 1.22. The average Bonchev–Trinajstić information content (AvgIpc) is 2.08. The van der Waals surface area contributed by atoms with Gasteiger partial charge in [0.25, 0.3) is 0 Å². The summed E-state index contributed by atoms with van der Waals surface area (Å²) in [5.41, 5.74) is 0.342. The Kier molecular flexibility index (Phi) is 4.39. The van der Waals surface area contributed by atoms with Crippen molar-refractivity contribution in [2.24, 2.45) is 0 Å². The zero-order valence-corrected chi connectivity index (χ0v) is 10.2. The smallest absolute Gasteiger partial charge is 0.218 e. The normalized spacial score (nSPS) is 10.9. The van der Waals surface area contributed by atoms with Gasteiger partial charge in [0.1, 0.15) is 5.03 Å². The highest BCUT2D eigenvalue weighted by Crippen LogP contribution is 2.34. The largest absolute Gasteiger partial charge is 0.223 e. The summed E-state index contributed by atoms with van der Waals surface area (Å²) in [7, 11) is 0. The first-order valence-electron chi connectivity index (χ1n) is 3.11. The van der Waals surface area contributed by atoms with Crippen molar-refractivity contribution >= 4 is 58.2 Å². The number of alkyl halides is 2. The van der Waals surface area contributed by atoms with Crippen LogP contribution in [-0.4, -0.2) is 16.2 Å². The minimum Gasteiger partial charge on any atom is -0.218 e. The van der Waals surface area contributed by atoms with Crippen LogP contribution in [0.5, 0.6) is 0 Å². The fraction of sp³-hybridized carbons (Fsp3) is 0.333. The molecule has 0 fully saturated rings. The number of hydrogen-bond acceptors (Lipinski definition) is 3. The molecule has 0 unspecified atom stereocenters. The quantitative estimate of drug-likeness (QED) is 0.354. The van der Waals surface area contributed by atoms with E-state index in [9.17, 15) is 0 Å². The number of thioether (sulfide) groups is 1. The van der Waals surface area contributed by atoms with E-state index in [0.29, 0.717) is 15.7 Å². The summed E-state index contributed by atoms with van der Waals surface area (Å²) in [4.78, 5) is 6.94. The van der Waals surface area contributed by atoms with Gasteiger partial charge < -0.3 is 0 Å². The molecule has 0 aromatic carbocycles. The molecule has 72 valence electrons. The molecule has 0 N–H and O–H groups in total. The Bertz CT molecular complexity index is 318. The molecule has 1 heterocycles. The molecule has 0 bridgehead atoms. The second kappa shape index (κ2) is 4.89. The monoisotopic (exact) mass is 276 g/mol. The Morgan fingerprint density at radius 1 is 1.23 bits per heavy atom. The van der Waals surface area contributed by atoms with Crippen LogP contribution in [-0.2, 0) is 0 Å². The number of halogens is 4. The Labute approximate surface area is 99.9 Å². The van der Waals surface area contributed by atoms with Crippen molar-refractivity contribution in [2.75, 3.05) is 6.26 Å². The lowest BCUT2D eigenvalue weighted by molar-refractivity contribution is 0.991. The Morgan fingerprint density at radius 3 is 2.31 bits per heavy atom. The second-order valence-corrected chi connectivity index (χ2v) is 4.61. The average molecular weight is 278 g/mol. The van der Waals surface area contributed by atoms with Crippen LogP contribution >= 0.6 is 58.2 Å². The number of rotatable bonds is 2. The zero-order valence-electron chi connectivity index (χ0n) is 6.39. The highest BCUT2D eigenvalue weighted by atomic mass is 35.5. The molecule has 0 atom stereocenters. The molecule has 0 radical (unpaired) electrons. The van der Waals surface area contributed by atoms with Crippen molar-refractivity contribution in [1.82, 2.24) is 9.97 Å². The van der Waals surface area contributed by atoms with Crippen LogP contribution < -0.4 is 0 Å². The van der Waals surface area contributed by atoms with E-state index in [1.165, 1.54) is 11.8 Å². The molecule has 1 aromatic rings. The SMILES string of the molecule is CSc1nc(Cl)nc(C(Cl)Cl)c1Cl. The summed E-state index contributed by atoms with van der Waals surface area (Å²) in [5, 5.41) is 1.02. The van der Waals surface area contributed by atoms with Gasteiger partial charge in [-0.2, -0.15) is 0 Å². The molecule has 13 heavy (non-hydrogen) atoms. The van der Waals surface area contributed by atoms with E-state index in [0.717, 1.165) is 0 Å². The molecule has 0 aliphatic rings. The molecular formula is C6H4Cl4N2S. The maximum absolute atomic E-state index is 5.90. The van der Waals surface area contributed by atoms with Gasteiger partial charge in [0, 0.05) is 0 Å². The topological polar surface area (TPSA) is 25.8 Å². The van der Waals surface area contributed by atoms with Gasteiger partial charge in [0.05, 0.1) is 10.7 Å². The van der Waals surface area contributed by atoms with Crippen LogP contribution in [0.3, 0.4) is 0 Å². The minimum absolute atomic E-state index is 0.0926. The van der Waals surface area contributed by atoms with Crippen molar-refractivity contribution in [3.05, 3.63) is 16.0 Å². The molecule has 0 saturated carbocycles. The van der Waals surface area contributed by atoms with Crippen LogP contribution in [0, 0.1) is 0 Å². The van der Waals surface area contributed by atoms with Gasteiger partial charge in [0.2, 0.25) is 5.28 Å². The molecule has 7 heteroatoms. The second-order valence-electron chi connectivity index (χ2n) is 2.00. The fourth-order valence-corrected chi connectivity index (χ4v) is 2.24. The summed E-state index contributed by atoms with van der Waals surface area (Å²) in [6.07, 6.45) is 1.83. The zero-order chi connectivity index (χ0) is 10.0. The maximum atomic E-state index is 5.90. The standard InChI is InChI=1S/C6H4Cl4N2S/c1-13-5-2(7)3(4(8)9)11-6(10)12-5/h4H,1H3. The molecule has 0 amide bonds. The van der Waals surface area contributed by atoms with E-state index >= 15 is 0 Å². The summed E-state index contributed by atoms with van der Waals surface area (Å²) in [6.45, 7) is 0. The van der Waals surface area contributed by atoms with Gasteiger partial charge >= 0.3 is 0 Å². The lowest BCUT2D eigenvalue weighted by Crippen LogP contribution is -1.96. The van der Waals surface area contributed by atoms with Crippen LogP contribution in [0.25, 0.3) is 0 Å². The predicted octanol–water partition coefficient (Wildman–Crippen LogP) is 3.98. The summed E-state index contributed by atoms with van der Waals surface area (Å²) in [6, 6.07) is 0. The van der Waals surface area contributed by atoms with Crippen molar-refractivity contribution in [3.8, 4) is 0 Å². The first-order valence-corrected chi connectivity index (χ1v) is 5.96. The molecule has 0 spiro atoms. The van der Waals surface area contributed by atoms with Crippen LogP contribution in [0.4, 0.5) is 0 Å². The fourth-order valence-electron chi connectivity index (χ4n) is 0.696. The Morgan fingerprint density at radius 2 is 1.85 bits per heavy atom. The third kappa shape index (κ3) is 2.77. The van der Waals surface area contributed by atoms with Gasteiger partial charge in [0.15, 0.2) is 4.84 Å². The summed E-state index contributed by atoms with van der Waals surface area (Å²) < 4.78 is 0. The molecular weight excluding hydrogens is 274 g/mol. The number of nitrogens with zero attached hydrogens (tertiary/aromatic N) is 2. The van der Waals surface area contributed by atoms with Gasteiger partial charge in [-0.25, -0.2) is 9.97 Å². The summed E-state index contributed by atoms with van der Waals surface area (Å²) >= 11 is 24.2. The molecule has 1 aromatic heterocycles. The molecule has 0 aliphatic heterocycles. The van der Waals surface area contributed by atoms with E-state index < -0.39 is 4.84 Å². The number of hydrogen-bond donors (Lipinski definition) is 0. The van der Waals surface area contributed by atoms with Crippen LogP contribution in [0.15, 0.2) is 5.03 Å². The molecule has 0 aliphatic carbocycles. The van der Waals surface area contributed by atoms with Gasteiger partial charge in [-0.1, -0.05) is 34.8 Å². The lowest BCUT2D eigenvalue weighted by atomic mass is 10.4. The van der Waals surface area contributed by atoms with Gasteiger partial charge in [-0.3, -0.25) is 0 Å². The first kappa shape index (κ1) is 11.7. The van der Waals surface area contributed by atoms with Crippen molar-refractivity contribution < 1.29 is 0 Å². The third-order valence-corrected chi connectivity index (χ3v) is 2.97. The van der Waals surface area contributed by atoms with Crippen molar-refractivity contribution in [1.29, 1.82) is 0 Å². The first-order chi connectivity index (χ1) is 6.06. The minimum atomic E-state index is -0.793. The van der Waals surface area contributed by atoms with Crippen LogP contribution in [0.1, 0.15) is 10.5 Å². The Balaban J connectivity index is 3.27. The van der Waals surface area contributed by atoms with Crippen LogP contribution in [0.2, 0.25) is 10.3 Å². The van der Waals surface area contributed by atoms with Gasteiger partial charge in [-0.15, -0.1) is 11.8 Å². The lowest BCUT2D eigenvalue weighted by Gasteiger charge is -2.06. The van der Waals surface area contributed by atoms with Crippen molar-refractivity contribution in [2.45, 2.75) is 9.86 Å². The molecule has 0 saturated heterocycles. The van der Waals surface area contributed by atoms with Gasteiger partial charge in [-0.05, 0) is 17.9 Å². The molecule has 2 nitrogen and oxygen atoms in total. The highest BCUT2D eigenvalue weighted by Gasteiger charge is 2.16. The highest BCUT2D eigenvalue weighted by molar-refractivity contribution is 7.98. The summed E-state index contributed by atoms with van der Waals surface area (Å²) in [5.74, 6) is 0. The van der Waals surface area contributed by atoms with E-state index in [2.05, 4.69) is 9.97 Å². The Hall–Kier alpha value is 0.590. The maximum Gasteiger partial charge on any atom is 0.223 e. The van der Waals surface area contributed by atoms with Crippen molar-refractivity contribution in [3.63, 3.8) is 0 Å². The van der Waals surface area contributed by atoms with E-state index in [1.54, 1.807) is 0 Å².